The number of hydrogen-bond acceptors (Lipinski definition) is 16. The molecule has 212 valence electrons. The zero-order valence-electron chi connectivity index (χ0n) is 19.4. The third-order valence-corrected chi connectivity index (χ3v) is 6.41. The van der Waals surface area contributed by atoms with Gasteiger partial charge in [-0.25, -0.2) is 0 Å². The molecule has 0 radical (unpaired) electrons. The number of aliphatic hydroxyl groups excluding tert-OH is 5. The molecule has 3 aliphatic rings. The number of aliphatic hydroxyl groups is 5. The van der Waals surface area contributed by atoms with Gasteiger partial charge in [0.1, 0.15) is 36.6 Å². The van der Waals surface area contributed by atoms with Crippen molar-refractivity contribution < 1.29 is 54.8 Å². The fraction of sp³-hybridized carbons (Fsp3) is 1.00. The van der Waals surface area contributed by atoms with Crippen LogP contribution in [0.5, 0.6) is 0 Å². The van der Waals surface area contributed by atoms with Gasteiger partial charge in [0.25, 0.3) is 5.09 Å². The van der Waals surface area contributed by atoms with E-state index in [1.54, 1.807) is 0 Å². The maximum absolute atomic E-state index is 11.0. The van der Waals surface area contributed by atoms with E-state index in [9.17, 15) is 25.5 Å². The van der Waals surface area contributed by atoms with Gasteiger partial charge in [0.15, 0.2) is 12.6 Å². The first-order chi connectivity index (χ1) is 16.8. The molecule has 0 aromatic heterocycles. The Morgan fingerprint density at radius 1 is 0.833 bits per heavy atom. The Morgan fingerprint density at radius 2 is 1.33 bits per heavy atom. The monoisotopic (exact) mass is 530 g/mol. The molecule has 18 nitrogen and oxygen atoms in total. The highest BCUT2D eigenvalue weighted by molar-refractivity contribution is 5.01. The minimum absolute atomic E-state index is 0.0542. The second-order valence-corrected chi connectivity index (χ2v) is 9.02. The Morgan fingerprint density at radius 3 is 1.83 bits per heavy atom. The van der Waals surface area contributed by atoms with Gasteiger partial charge in [0, 0.05) is 18.6 Å². The average molecular weight is 531 g/mol. The first-order valence-electron chi connectivity index (χ1n) is 11.3. The summed E-state index contributed by atoms with van der Waals surface area (Å²) in [5.74, 6) is 0. The maximum Gasteiger partial charge on any atom is 0.291 e. The zero-order chi connectivity index (χ0) is 27.3. The summed E-state index contributed by atoms with van der Waals surface area (Å²) in [6, 6.07) is -3.27. The fourth-order valence-electron chi connectivity index (χ4n) is 4.43. The van der Waals surface area contributed by atoms with E-state index in [4.69, 9.17) is 62.9 Å². The van der Waals surface area contributed by atoms with Gasteiger partial charge in [-0.05, 0) is 12.8 Å². The molecule has 0 aromatic carbocycles. The molecule has 0 spiro atoms. The summed E-state index contributed by atoms with van der Waals surface area (Å²) in [7, 11) is 0. The first-order valence-corrected chi connectivity index (χ1v) is 11.3. The van der Waals surface area contributed by atoms with Gasteiger partial charge in [0.2, 0.25) is 0 Å². The summed E-state index contributed by atoms with van der Waals surface area (Å²) < 4.78 is 22.7. The van der Waals surface area contributed by atoms with Crippen molar-refractivity contribution >= 4 is 0 Å². The van der Waals surface area contributed by atoms with Crippen molar-refractivity contribution in [3.05, 3.63) is 10.1 Å². The van der Waals surface area contributed by atoms with Crippen LogP contribution in [0.3, 0.4) is 0 Å². The Bertz CT molecular complexity index is 693. The normalized spacial score (nSPS) is 47.5. The third kappa shape index (κ3) is 7.36. The highest BCUT2D eigenvalue weighted by atomic mass is 16.9. The summed E-state index contributed by atoms with van der Waals surface area (Å²) in [6.07, 6.45) is -10.8. The van der Waals surface area contributed by atoms with E-state index in [-0.39, 0.29) is 19.4 Å². The topological polar surface area (TPSA) is 332 Å². The molecule has 0 bridgehead atoms. The van der Waals surface area contributed by atoms with Crippen LogP contribution in [-0.4, -0.2) is 135 Å². The molecular weight excluding hydrogens is 492 g/mol. The molecule has 36 heavy (non-hydrogen) atoms. The first kappa shape index (κ1) is 30.9. The van der Waals surface area contributed by atoms with Gasteiger partial charge in [-0.2, -0.15) is 0 Å². The molecule has 0 unspecified atom stereocenters. The zero-order valence-corrected chi connectivity index (χ0v) is 19.4. The molecule has 1 aliphatic carbocycles. The van der Waals surface area contributed by atoms with E-state index < -0.39 is 97.3 Å². The van der Waals surface area contributed by atoms with Crippen molar-refractivity contribution in [3.8, 4) is 0 Å². The highest BCUT2D eigenvalue weighted by Crippen LogP contribution is 2.30. The van der Waals surface area contributed by atoms with Crippen molar-refractivity contribution in [2.24, 2.45) is 28.7 Å². The van der Waals surface area contributed by atoms with Gasteiger partial charge in [-0.1, -0.05) is 0 Å². The average Bonchev–Trinajstić information content (AvgIpc) is 2.80. The molecule has 0 aromatic rings. The summed E-state index contributed by atoms with van der Waals surface area (Å²) in [4.78, 5) is 8.36. The fourth-order valence-corrected chi connectivity index (χ4v) is 4.43. The van der Waals surface area contributed by atoms with Gasteiger partial charge in [0.05, 0.1) is 30.9 Å². The standard InChI is InChI=1S/C18H37N5O9.HNO3/c19-3-9-8(25)2-7(22)17(29-9)31-15-5(20)1-6(21)16(14(15)28)32-18-13(27)11(23)12(26)10(4-24)30-18;2-1(3)4/h5-18,24-28H,1-4,19-23H2;(H,2,3,4)/t5-,6+,7+,8-,9+,10+,11-,12+,13+,14-,15+,16-,17+,18+;/m0./s1. The number of ether oxygens (including phenoxy) is 4. The largest absolute Gasteiger partial charge is 0.394 e. The van der Waals surface area contributed by atoms with Crippen molar-refractivity contribution in [1.82, 2.24) is 0 Å². The van der Waals surface area contributed by atoms with Gasteiger partial charge >= 0.3 is 0 Å². The summed E-state index contributed by atoms with van der Waals surface area (Å²) >= 11 is 0. The summed E-state index contributed by atoms with van der Waals surface area (Å²) in [5, 5.41) is 64.3. The summed E-state index contributed by atoms with van der Waals surface area (Å²) in [6.45, 7) is -0.499. The van der Waals surface area contributed by atoms with Crippen LogP contribution in [0.4, 0.5) is 0 Å². The molecule has 14 atom stereocenters. The smallest absolute Gasteiger partial charge is 0.291 e. The molecule has 16 N–H and O–H groups in total. The van der Waals surface area contributed by atoms with Crippen LogP contribution in [0.2, 0.25) is 0 Å². The van der Waals surface area contributed by atoms with Crippen molar-refractivity contribution in [1.29, 1.82) is 0 Å². The molecule has 3 rings (SSSR count). The Balaban J connectivity index is 0.00000106. The molecule has 3 fully saturated rings. The number of hydrogen-bond donors (Lipinski definition) is 11. The van der Waals surface area contributed by atoms with Crippen LogP contribution >= 0.6 is 0 Å². The van der Waals surface area contributed by atoms with Gasteiger partial charge in [-0.15, -0.1) is 10.1 Å². The molecular formula is C18H38N6O12. The van der Waals surface area contributed by atoms with E-state index >= 15 is 0 Å². The summed E-state index contributed by atoms with van der Waals surface area (Å²) in [5.41, 5.74) is 29.8. The van der Waals surface area contributed by atoms with E-state index in [1.807, 2.05) is 0 Å². The van der Waals surface area contributed by atoms with Gasteiger partial charge in [-0.3, -0.25) is 0 Å². The van der Waals surface area contributed by atoms with Crippen LogP contribution in [0.15, 0.2) is 0 Å². The predicted octanol–water partition coefficient (Wildman–Crippen LogP) is -6.64. The lowest BCUT2D eigenvalue weighted by atomic mass is 9.84. The lowest BCUT2D eigenvalue weighted by molar-refractivity contribution is -0.742. The van der Waals surface area contributed by atoms with Crippen molar-refractivity contribution in [2.75, 3.05) is 13.2 Å². The van der Waals surface area contributed by atoms with Crippen molar-refractivity contribution in [3.63, 3.8) is 0 Å². The highest BCUT2D eigenvalue weighted by Gasteiger charge is 2.50. The van der Waals surface area contributed by atoms with Crippen LogP contribution in [0.25, 0.3) is 0 Å². The quantitative estimate of drug-likeness (QED) is 0.112. The van der Waals surface area contributed by atoms with E-state index in [0.29, 0.717) is 0 Å². The van der Waals surface area contributed by atoms with Crippen LogP contribution in [0, 0.1) is 10.1 Å². The lowest BCUT2D eigenvalue weighted by Crippen LogP contribution is -2.68. The van der Waals surface area contributed by atoms with Crippen LogP contribution in [0.1, 0.15) is 12.8 Å². The Labute approximate surface area is 205 Å². The van der Waals surface area contributed by atoms with E-state index in [2.05, 4.69) is 0 Å². The number of rotatable bonds is 6. The lowest BCUT2D eigenvalue weighted by Gasteiger charge is -2.47. The van der Waals surface area contributed by atoms with Crippen molar-refractivity contribution in [2.45, 2.75) is 98.4 Å². The maximum atomic E-state index is 11.0. The molecule has 2 saturated heterocycles. The molecule has 0 amide bonds. The molecule has 2 aliphatic heterocycles. The van der Waals surface area contributed by atoms with Crippen LogP contribution in [-0.2, 0) is 18.9 Å². The predicted molar refractivity (Wildman–Crippen MR) is 117 cm³/mol. The molecule has 2 heterocycles. The second-order valence-electron chi connectivity index (χ2n) is 9.02. The van der Waals surface area contributed by atoms with Crippen LogP contribution < -0.4 is 28.7 Å². The Hall–Kier alpha value is -1.36. The van der Waals surface area contributed by atoms with E-state index in [0.717, 1.165) is 0 Å². The third-order valence-electron chi connectivity index (χ3n) is 6.41. The molecule has 1 saturated carbocycles. The van der Waals surface area contributed by atoms with Gasteiger partial charge < -0.3 is 78.4 Å². The minimum atomic E-state index is -1.50. The minimum Gasteiger partial charge on any atom is -0.394 e. The SMILES string of the molecule is NC[C@H]1O[C@H](O[C@H]2[C@H](O)[C@@H](O[C@H]3O[C@H](CO)[C@@H](O)[C@H](N)[C@H]3O)[C@H](N)C[C@@H]2N)[C@H](N)C[C@@H]1O.O=[N+]([O-])O. The second kappa shape index (κ2) is 13.4. The number of nitrogens with zero attached hydrogens (tertiary/aromatic N) is 1. The Kier molecular flexibility index (Phi) is 11.5. The molecule has 18 heteroatoms. The van der Waals surface area contributed by atoms with E-state index in [1.165, 1.54) is 0 Å². The number of nitrogens with two attached hydrogens (primary N) is 5.